The van der Waals surface area contributed by atoms with E-state index in [9.17, 15) is 19.2 Å². The lowest BCUT2D eigenvalue weighted by Gasteiger charge is -2.40. The van der Waals surface area contributed by atoms with Crippen molar-refractivity contribution in [1.29, 1.82) is 0 Å². The molecule has 2 heterocycles. The Balaban J connectivity index is 1.70. The highest BCUT2D eigenvalue weighted by Crippen LogP contribution is 2.60. The zero-order valence-electron chi connectivity index (χ0n) is 17.7. The number of carbonyl (C=O) groups is 4. The fraction of sp³-hybridized carbons (Fsp3) is 0.154. The SMILES string of the molecule is O=C1OC(=O)[C@@H]2[C@@H]1[C@@H](c1ccc(Br)cc1)N(c1ccc(Cl)cc1Cl)C21C(=O)c2ccccc2C1=O. The number of esters is 2. The van der Waals surface area contributed by atoms with Crippen molar-refractivity contribution in [2.45, 2.75) is 11.6 Å². The van der Waals surface area contributed by atoms with E-state index in [0.29, 0.717) is 16.3 Å². The largest absolute Gasteiger partial charge is 0.393 e. The number of hydrogen-bond acceptors (Lipinski definition) is 6. The van der Waals surface area contributed by atoms with Crippen LogP contribution in [0.25, 0.3) is 0 Å². The molecule has 0 bridgehead atoms. The van der Waals surface area contributed by atoms with E-state index in [1.807, 2.05) is 0 Å². The molecule has 9 heteroatoms. The fourth-order valence-corrected chi connectivity index (χ4v) is 6.48. The van der Waals surface area contributed by atoms with E-state index in [1.54, 1.807) is 65.6 Å². The van der Waals surface area contributed by atoms with Crippen LogP contribution in [0.2, 0.25) is 10.0 Å². The number of Topliss-reactive ketones (excluding diaryl/α,β-unsaturated/α-hetero) is 2. The number of nitrogens with zero attached hydrogens (tertiary/aromatic N) is 1. The second-order valence-electron chi connectivity index (χ2n) is 8.68. The summed E-state index contributed by atoms with van der Waals surface area (Å²) in [6.07, 6.45) is 0. The van der Waals surface area contributed by atoms with Crippen LogP contribution in [0, 0.1) is 11.8 Å². The molecule has 1 aliphatic carbocycles. The third-order valence-corrected chi connectivity index (χ3v) is 8.09. The van der Waals surface area contributed by atoms with E-state index in [2.05, 4.69) is 15.9 Å². The van der Waals surface area contributed by atoms with Crippen LogP contribution in [-0.4, -0.2) is 29.0 Å². The lowest BCUT2D eigenvalue weighted by molar-refractivity contribution is -0.154. The smallest absolute Gasteiger partial charge is 0.320 e. The number of anilines is 1. The molecule has 3 aliphatic rings. The van der Waals surface area contributed by atoms with Crippen molar-refractivity contribution in [3.8, 4) is 0 Å². The zero-order valence-corrected chi connectivity index (χ0v) is 20.8. The molecule has 2 aliphatic heterocycles. The average molecular weight is 571 g/mol. The number of benzene rings is 3. The molecular formula is C26H14BrCl2NO5. The molecule has 0 radical (unpaired) electrons. The molecule has 0 aromatic heterocycles. The Morgan fingerprint density at radius 3 is 2.06 bits per heavy atom. The maximum absolute atomic E-state index is 14.2. The van der Waals surface area contributed by atoms with Crippen LogP contribution in [-0.2, 0) is 14.3 Å². The molecule has 6 rings (SSSR count). The molecule has 0 N–H and O–H groups in total. The highest BCUT2D eigenvalue weighted by Gasteiger charge is 2.76. The van der Waals surface area contributed by atoms with Gasteiger partial charge < -0.3 is 9.64 Å². The first-order valence-corrected chi connectivity index (χ1v) is 12.3. The molecule has 0 unspecified atom stereocenters. The van der Waals surface area contributed by atoms with Crippen LogP contribution in [0.15, 0.2) is 71.2 Å². The fourth-order valence-electron chi connectivity index (χ4n) is 5.71. The van der Waals surface area contributed by atoms with Gasteiger partial charge in [0.15, 0.2) is 17.1 Å². The van der Waals surface area contributed by atoms with E-state index in [0.717, 1.165) is 4.47 Å². The number of ether oxygens (including phenoxy) is 1. The summed E-state index contributed by atoms with van der Waals surface area (Å²) >= 11 is 16.2. The molecule has 6 nitrogen and oxygen atoms in total. The molecule has 3 aromatic carbocycles. The van der Waals surface area contributed by atoms with E-state index < -0.39 is 46.9 Å². The number of rotatable bonds is 2. The molecule has 0 saturated carbocycles. The number of cyclic esters (lactones) is 2. The Morgan fingerprint density at radius 1 is 0.829 bits per heavy atom. The number of hydrogen-bond donors (Lipinski definition) is 0. The van der Waals surface area contributed by atoms with Gasteiger partial charge in [0.1, 0.15) is 5.92 Å². The third-order valence-electron chi connectivity index (χ3n) is 7.02. The summed E-state index contributed by atoms with van der Waals surface area (Å²) in [5, 5.41) is 0.534. The van der Waals surface area contributed by atoms with Crippen molar-refractivity contribution in [2.75, 3.05) is 4.90 Å². The lowest BCUT2D eigenvalue weighted by atomic mass is 9.76. The monoisotopic (exact) mass is 569 g/mol. The Hall–Kier alpha value is -3.00. The predicted octanol–water partition coefficient (Wildman–Crippen LogP) is 5.45. The van der Waals surface area contributed by atoms with E-state index >= 15 is 0 Å². The Bertz CT molecular complexity index is 1440. The Kier molecular flexibility index (Phi) is 4.97. The normalized spacial score (nSPS) is 24.2. The van der Waals surface area contributed by atoms with Crippen LogP contribution >= 0.6 is 39.1 Å². The van der Waals surface area contributed by atoms with Gasteiger partial charge in [-0.2, -0.15) is 0 Å². The summed E-state index contributed by atoms with van der Waals surface area (Å²) in [4.78, 5) is 56.2. The van der Waals surface area contributed by atoms with Gasteiger partial charge in [-0.1, -0.05) is 75.5 Å². The minimum absolute atomic E-state index is 0.177. The third kappa shape index (κ3) is 2.89. The Morgan fingerprint density at radius 2 is 1.46 bits per heavy atom. The van der Waals surface area contributed by atoms with Gasteiger partial charge >= 0.3 is 11.9 Å². The minimum atomic E-state index is -2.03. The topological polar surface area (TPSA) is 80.8 Å². The first-order chi connectivity index (χ1) is 16.8. The maximum Gasteiger partial charge on any atom is 0.320 e. The van der Waals surface area contributed by atoms with Crippen LogP contribution in [0.3, 0.4) is 0 Å². The average Bonchev–Trinajstić information content (AvgIpc) is 3.39. The molecule has 0 amide bonds. The second kappa shape index (κ2) is 7.75. The van der Waals surface area contributed by atoms with Crippen LogP contribution in [0.5, 0.6) is 0 Å². The first kappa shape index (κ1) is 22.5. The van der Waals surface area contributed by atoms with Crippen LogP contribution in [0.4, 0.5) is 5.69 Å². The number of carbonyl (C=O) groups excluding carboxylic acids is 4. The van der Waals surface area contributed by atoms with Gasteiger partial charge in [-0.25, -0.2) is 0 Å². The molecule has 1 spiro atoms. The highest BCUT2D eigenvalue weighted by atomic mass is 79.9. The summed E-state index contributed by atoms with van der Waals surface area (Å²) in [5.74, 6) is -5.25. The van der Waals surface area contributed by atoms with Crippen molar-refractivity contribution in [1.82, 2.24) is 0 Å². The zero-order chi connectivity index (χ0) is 24.6. The van der Waals surface area contributed by atoms with Gasteiger partial charge in [-0.15, -0.1) is 0 Å². The van der Waals surface area contributed by atoms with E-state index in [-0.39, 0.29) is 16.1 Å². The van der Waals surface area contributed by atoms with Gasteiger partial charge in [0.05, 0.1) is 22.7 Å². The summed E-state index contributed by atoms with van der Waals surface area (Å²) < 4.78 is 5.85. The van der Waals surface area contributed by atoms with Crippen LogP contribution < -0.4 is 4.90 Å². The number of halogens is 3. The quantitative estimate of drug-likeness (QED) is 0.301. The molecule has 2 saturated heterocycles. The predicted molar refractivity (Wildman–Crippen MR) is 132 cm³/mol. The summed E-state index contributed by atoms with van der Waals surface area (Å²) in [7, 11) is 0. The van der Waals surface area contributed by atoms with Gasteiger partial charge in [0.25, 0.3) is 0 Å². The van der Waals surface area contributed by atoms with Gasteiger partial charge in [0.2, 0.25) is 0 Å². The van der Waals surface area contributed by atoms with Crippen molar-refractivity contribution in [3.05, 3.63) is 97.9 Å². The van der Waals surface area contributed by atoms with Crippen molar-refractivity contribution >= 4 is 68.3 Å². The molecule has 3 aromatic rings. The van der Waals surface area contributed by atoms with E-state index in [1.165, 1.54) is 6.07 Å². The first-order valence-electron chi connectivity index (χ1n) is 10.7. The van der Waals surface area contributed by atoms with Gasteiger partial charge in [-0.3, -0.25) is 19.2 Å². The minimum Gasteiger partial charge on any atom is -0.393 e. The summed E-state index contributed by atoms with van der Waals surface area (Å²) in [5.41, 5.74) is -0.722. The van der Waals surface area contributed by atoms with Gasteiger partial charge in [-0.05, 0) is 35.9 Å². The van der Waals surface area contributed by atoms with Gasteiger partial charge in [0, 0.05) is 20.6 Å². The standard InChI is InChI=1S/C26H14BrCl2NO5/c27-13-7-5-12(6-8-13)21-19-20(25(34)35-24(19)33)26(30(21)18-10-9-14(28)11-17(18)29)22(31)15-3-1-2-4-16(15)23(26)32/h1-11,19-21H/t19-,20+,21-/m1/s1. The summed E-state index contributed by atoms with van der Waals surface area (Å²) in [6.45, 7) is 0. The highest BCUT2D eigenvalue weighted by molar-refractivity contribution is 9.10. The lowest BCUT2D eigenvalue weighted by Crippen LogP contribution is -2.59. The maximum atomic E-state index is 14.2. The van der Waals surface area contributed by atoms with Crippen molar-refractivity contribution in [2.24, 2.45) is 11.8 Å². The van der Waals surface area contributed by atoms with Crippen molar-refractivity contribution < 1.29 is 23.9 Å². The number of fused-ring (bicyclic) bond motifs is 3. The molecule has 174 valence electrons. The molecule has 2 fully saturated rings. The second-order valence-corrected chi connectivity index (χ2v) is 10.4. The number of ketones is 2. The molecule has 35 heavy (non-hydrogen) atoms. The Labute approximate surface area is 217 Å². The summed E-state index contributed by atoms with van der Waals surface area (Å²) in [6, 6.07) is 17.3. The molecular weight excluding hydrogens is 557 g/mol. The van der Waals surface area contributed by atoms with Crippen molar-refractivity contribution in [3.63, 3.8) is 0 Å². The van der Waals surface area contributed by atoms with E-state index in [4.69, 9.17) is 27.9 Å². The van der Waals surface area contributed by atoms with Crippen LogP contribution in [0.1, 0.15) is 32.3 Å². The molecule has 3 atom stereocenters.